The zero-order chi connectivity index (χ0) is 10.8. The lowest BCUT2D eigenvalue weighted by atomic mass is 10.1. The second kappa shape index (κ2) is 4.21. The van der Waals surface area contributed by atoms with Crippen LogP contribution in [-0.4, -0.2) is 12.0 Å². The highest BCUT2D eigenvalue weighted by Crippen LogP contribution is 2.31. The first-order valence-corrected chi connectivity index (χ1v) is 5.80. The number of hydrogen-bond donors (Lipinski definition) is 1. The summed E-state index contributed by atoms with van der Waals surface area (Å²) >= 11 is 7.69. The van der Waals surface area contributed by atoms with Gasteiger partial charge in [0.05, 0.1) is 4.88 Å². The van der Waals surface area contributed by atoms with Gasteiger partial charge >= 0.3 is 0 Å². The Labute approximate surface area is 97.9 Å². The van der Waals surface area contributed by atoms with Gasteiger partial charge in [0.25, 0.3) is 0 Å². The third-order valence-corrected chi connectivity index (χ3v) is 3.65. The van der Waals surface area contributed by atoms with Gasteiger partial charge in [-0.25, -0.2) is 4.98 Å². The van der Waals surface area contributed by atoms with Gasteiger partial charge in [-0.3, -0.25) is 0 Å². The summed E-state index contributed by atoms with van der Waals surface area (Å²) in [6.45, 7) is 2.00. The van der Waals surface area contributed by atoms with Gasteiger partial charge in [-0.1, -0.05) is 35.1 Å². The van der Waals surface area contributed by atoms with Crippen molar-refractivity contribution in [3.05, 3.63) is 35.0 Å². The Balaban J connectivity index is 2.40. The molecule has 0 aliphatic rings. The van der Waals surface area contributed by atoms with Crippen molar-refractivity contribution >= 4 is 28.1 Å². The van der Waals surface area contributed by atoms with Gasteiger partial charge in [-0.05, 0) is 24.1 Å². The normalized spacial score (nSPS) is 10.3. The molecule has 1 aromatic carbocycles. The second-order valence-corrected chi connectivity index (χ2v) is 4.68. The van der Waals surface area contributed by atoms with Gasteiger partial charge < -0.3 is 5.32 Å². The first-order valence-electron chi connectivity index (χ1n) is 4.61. The van der Waals surface area contributed by atoms with Crippen LogP contribution in [0.2, 0.25) is 5.02 Å². The molecule has 15 heavy (non-hydrogen) atoms. The maximum absolute atomic E-state index is 6.07. The third-order valence-electron chi connectivity index (χ3n) is 2.18. The van der Waals surface area contributed by atoms with E-state index in [0.717, 1.165) is 26.2 Å². The molecule has 0 bridgehead atoms. The van der Waals surface area contributed by atoms with Crippen molar-refractivity contribution in [1.29, 1.82) is 0 Å². The quantitative estimate of drug-likeness (QED) is 0.861. The fourth-order valence-corrected chi connectivity index (χ4v) is 2.22. The third kappa shape index (κ3) is 2.13. The fourth-order valence-electron chi connectivity index (χ4n) is 1.27. The van der Waals surface area contributed by atoms with Crippen LogP contribution in [0.5, 0.6) is 0 Å². The largest absolute Gasteiger partial charge is 0.365 e. The standard InChI is InChI=1S/C11H11ClN2S/c1-7-3-4-8(5-9(7)12)10-6-14-11(13-2)15-10/h3-6H,1-2H3,(H,13,14). The number of halogens is 1. The molecule has 78 valence electrons. The summed E-state index contributed by atoms with van der Waals surface area (Å²) in [5, 5.41) is 4.73. The Morgan fingerprint density at radius 2 is 2.20 bits per heavy atom. The molecule has 0 fully saturated rings. The zero-order valence-electron chi connectivity index (χ0n) is 8.54. The Morgan fingerprint density at radius 3 is 2.80 bits per heavy atom. The van der Waals surface area contributed by atoms with E-state index >= 15 is 0 Å². The summed E-state index contributed by atoms with van der Waals surface area (Å²) in [5.41, 5.74) is 2.21. The van der Waals surface area contributed by atoms with Crippen LogP contribution in [0.1, 0.15) is 5.56 Å². The molecule has 0 aliphatic carbocycles. The second-order valence-electron chi connectivity index (χ2n) is 3.24. The molecular weight excluding hydrogens is 228 g/mol. The van der Waals surface area contributed by atoms with E-state index in [1.54, 1.807) is 11.3 Å². The van der Waals surface area contributed by atoms with E-state index in [0.29, 0.717) is 0 Å². The molecule has 0 aliphatic heterocycles. The monoisotopic (exact) mass is 238 g/mol. The van der Waals surface area contributed by atoms with E-state index in [1.807, 2.05) is 32.3 Å². The van der Waals surface area contributed by atoms with Crippen LogP contribution in [0, 0.1) is 6.92 Å². The molecule has 0 amide bonds. The molecule has 1 N–H and O–H groups in total. The van der Waals surface area contributed by atoms with Crippen LogP contribution in [0.3, 0.4) is 0 Å². The highest BCUT2D eigenvalue weighted by Gasteiger charge is 2.04. The van der Waals surface area contributed by atoms with Gasteiger partial charge in [-0.2, -0.15) is 0 Å². The van der Waals surface area contributed by atoms with E-state index < -0.39 is 0 Å². The van der Waals surface area contributed by atoms with Gasteiger partial charge in [0, 0.05) is 18.3 Å². The summed E-state index contributed by atoms with van der Waals surface area (Å²) < 4.78 is 0. The van der Waals surface area contributed by atoms with E-state index in [1.165, 1.54) is 0 Å². The lowest BCUT2D eigenvalue weighted by Gasteiger charge is -2.00. The van der Waals surface area contributed by atoms with Crippen LogP contribution in [0.25, 0.3) is 10.4 Å². The molecule has 1 aromatic heterocycles. The van der Waals surface area contributed by atoms with Gasteiger partial charge in [0.1, 0.15) is 0 Å². The van der Waals surface area contributed by atoms with Crippen LogP contribution in [0.15, 0.2) is 24.4 Å². The van der Waals surface area contributed by atoms with Crippen LogP contribution >= 0.6 is 22.9 Å². The highest BCUT2D eigenvalue weighted by atomic mass is 35.5. The fraction of sp³-hybridized carbons (Fsp3) is 0.182. The molecule has 0 atom stereocenters. The van der Waals surface area contributed by atoms with Crippen molar-refractivity contribution in [3.8, 4) is 10.4 Å². The smallest absolute Gasteiger partial charge is 0.182 e. The number of rotatable bonds is 2. The summed E-state index contributed by atoms with van der Waals surface area (Å²) in [6.07, 6.45) is 1.86. The molecule has 0 spiro atoms. The molecule has 2 aromatic rings. The number of benzene rings is 1. The van der Waals surface area contributed by atoms with Crippen LogP contribution in [0.4, 0.5) is 5.13 Å². The van der Waals surface area contributed by atoms with Crippen molar-refractivity contribution < 1.29 is 0 Å². The molecule has 0 unspecified atom stereocenters. The maximum atomic E-state index is 6.07. The number of thiazole rings is 1. The zero-order valence-corrected chi connectivity index (χ0v) is 10.1. The number of nitrogens with zero attached hydrogens (tertiary/aromatic N) is 1. The van der Waals surface area contributed by atoms with Crippen molar-refractivity contribution in [3.63, 3.8) is 0 Å². The average molecular weight is 239 g/mol. The Morgan fingerprint density at radius 1 is 1.40 bits per heavy atom. The number of hydrogen-bond acceptors (Lipinski definition) is 3. The lowest BCUT2D eigenvalue weighted by Crippen LogP contribution is -1.83. The minimum Gasteiger partial charge on any atom is -0.365 e. The summed E-state index contributed by atoms with van der Waals surface area (Å²) in [7, 11) is 1.87. The van der Waals surface area contributed by atoms with Crippen molar-refractivity contribution in [1.82, 2.24) is 4.98 Å². The number of nitrogens with one attached hydrogen (secondary N) is 1. The molecule has 1 heterocycles. The van der Waals surface area contributed by atoms with E-state index in [9.17, 15) is 0 Å². The molecule has 0 saturated carbocycles. The lowest BCUT2D eigenvalue weighted by molar-refractivity contribution is 1.37. The van der Waals surface area contributed by atoms with Crippen molar-refractivity contribution in [2.45, 2.75) is 6.92 Å². The summed E-state index contributed by atoms with van der Waals surface area (Å²) in [4.78, 5) is 5.35. The molecule has 2 rings (SSSR count). The van der Waals surface area contributed by atoms with Crippen molar-refractivity contribution in [2.75, 3.05) is 12.4 Å². The predicted molar refractivity (Wildman–Crippen MR) is 66.8 cm³/mol. The van der Waals surface area contributed by atoms with E-state index in [4.69, 9.17) is 11.6 Å². The van der Waals surface area contributed by atoms with Gasteiger partial charge in [0.2, 0.25) is 0 Å². The Hall–Kier alpha value is -1.06. The highest BCUT2D eigenvalue weighted by molar-refractivity contribution is 7.18. The summed E-state index contributed by atoms with van der Waals surface area (Å²) in [6, 6.07) is 6.06. The first-order chi connectivity index (χ1) is 7.20. The van der Waals surface area contributed by atoms with E-state index in [2.05, 4.69) is 16.4 Å². The number of aromatic nitrogens is 1. The number of anilines is 1. The summed E-state index contributed by atoms with van der Waals surface area (Å²) in [5.74, 6) is 0. The van der Waals surface area contributed by atoms with E-state index in [-0.39, 0.29) is 0 Å². The molecular formula is C11H11ClN2S. The first kappa shape index (κ1) is 10.5. The molecule has 4 heteroatoms. The van der Waals surface area contributed by atoms with Crippen LogP contribution < -0.4 is 5.32 Å². The average Bonchev–Trinajstić information content (AvgIpc) is 2.70. The molecule has 0 radical (unpaired) electrons. The SMILES string of the molecule is CNc1ncc(-c2ccc(C)c(Cl)c2)s1. The maximum Gasteiger partial charge on any atom is 0.182 e. The van der Waals surface area contributed by atoms with Crippen molar-refractivity contribution in [2.24, 2.45) is 0 Å². The Bertz CT molecular complexity index is 479. The van der Waals surface area contributed by atoms with Gasteiger partial charge in [0.15, 0.2) is 5.13 Å². The van der Waals surface area contributed by atoms with Gasteiger partial charge in [-0.15, -0.1) is 0 Å². The minimum absolute atomic E-state index is 0.798. The topological polar surface area (TPSA) is 24.9 Å². The number of aryl methyl sites for hydroxylation is 1. The molecule has 0 saturated heterocycles. The minimum atomic E-state index is 0.798. The Kier molecular flexibility index (Phi) is 2.93. The molecule has 2 nitrogen and oxygen atoms in total. The van der Waals surface area contributed by atoms with Crippen LogP contribution in [-0.2, 0) is 0 Å². The predicted octanol–water partition coefficient (Wildman–Crippen LogP) is 3.81.